The van der Waals surface area contributed by atoms with Crippen molar-refractivity contribution in [1.29, 1.82) is 0 Å². The number of benzene rings is 2. The number of methoxy groups -OCH3 is 1. The van der Waals surface area contributed by atoms with Gasteiger partial charge in [0.25, 0.3) is 0 Å². The van der Waals surface area contributed by atoms with Gasteiger partial charge in [-0.3, -0.25) is 10.1 Å². The first kappa shape index (κ1) is 15.1. The minimum atomic E-state index is -0.466. The van der Waals surface area contributed by atoms with E-state index in [1.807, 2.05) is 25.1 Å². The van der Waals surface area contributed by atoms with E-state index in [2.05, 4.69) is 5.32 Å². The summed E-state index contributed by atoms with van der Waals surface area (Å²) in [6.07, 6.45) is 0. The van der Waals surface area contributed by atoms with Crippen molar-refractivity contribution in [3.8, 4) is 5.75 Å². The molecule has 0 spiro atoms. The van der Waals surface area contributed by atoms with Crippen LogP contribution in [-0.2, 0) is 6.54 Å². The molecule has 0 fully saturated rings. The fourth-order valence-corrected chi connectivity index (χ4v) is 2.10. The van der Waals surface area contributed by atoms with Gasteiger partial charge in [-0.05, 0) is 36.2 Å². The standard InChI is InChI=1S/C15H15ClN2O3/c1-10-3-4-11(7-13(10)16)9-17-12-5-6-15(21-2)14(8-12)18(19)20/h3-8,17H,9H2,1-2H3. The lowest BCUT2D eigenvalue weighted by atomic mass is 10.1. The molecule has 0 amide bonds. The number of nitrogens with zero attached hydrogens (tertiary/aromatic N) is 1. The Bertz CT molecular complexity index is 674. The van der Waals surface area contributed by atoms with Gasteiger partial charge in [0, 0.05) is 23.3 Å². The smallest absolute Gasteiger partial charge is 0.312 e. The second-order valence-corrected chi connectivity index (χ2v) is 4.99. The average Bonchev–Trinajstić information content (AvgIpc) is 2.48. The number of aryl methyl sites for hydroxylation is 1. The topological polar surface area (TPSA) is 64.4 Å². The first-order valence-electron chi connectivity index (χ1n) is 6.32. The molecule has 0 aliphatic heterocycles. The van der Waals surface area contributed by atoms with Crippen molar-refractivity contribution in [3.05, 3.63) is 62.7 Å². The zero-order chi connectivity index (χ0) is 15.4. The molecule has 0 saturated carbocycles. The van der Waals surface area contributed by atoms with Gasteiger partial charge in [0.15, 0.2) is 5.75 Å². The summed E-state index contributed by atoms with van der Waals surface area (Å²) >= 11 is 6.07. The van der Waals surface area contributed by atoms with Crippen LogP contribution >= 0.6 is 11.6 Å². The number of halogens is 1. The van der Waals surface area contributed by atoms with Crippen LogP contribution in [0.3, 0.4) is 0 Å². The van der Waals surface area contributed by atoms with Crippen molar-refractivity contribution in [1.82, 2.24) is 0 Å². The monoisotopic (exact) mass is 306 g/mol. The number of nitrogens with one attached hydrogen (secondary N) is 1. The van der Waals surface area contributed by atoms with E-state index in [0.29, 0.717) is 17.3 Å². The molecule has 5 nitrogen and oxygen atoms in total. The average molecular weight is 307 g/mol. The molecule has 0 atom stereocenters. The van der Waals surface area contributed by atoms with E-state index in [0.717, 1.165) is 11.1 Å². The van der Waals surface area contributed by atoms with Gasteiger partial charge in [-0.2, -0.15) is 0 Å². The normalized spacial score (nSPS) is 10.2. The molecule has 0 aliphatic carbocycles. The number of hydrogen-bond acceptors (Lipinski definition) is 4. The van der Waals surface area contributed by atoms with Gasteiger partial charge in [-0.1, -0.05) is 23.7 Å². The van der Waals surface area contributed by atoms with Gasteiger partial charge in [0.2, 0.25) is 0 Å². The fourth-order valence-electron chi connectivity index (χ4n) is 1.89. The van der Waals surface area contributed by atoms with Gasteiger partial charge in [0.1, 0.15) is 0 Å². The molecule has 0 unspecified atom stereocenters. The van der Waals surface area contributed by atoms with Crippen molar-refractivity contribution in [2.24, 2.45) is 0 Å². The Hall–Kier alpha value is -2.27. The predicted octanol–water partition coefficient (Wildman–Crippen LogP) is 4.18. The summed E-state index contributed by atoms with van der Waals surface area (Å²) in [5.74, 6) is 0.240. The maximum absolute atomic E-state index is 11.0. The summed E-state index contributed by atoms with van der Waals surface area (Å²) in [5.41, 5.74) is 2.60. The molecule has 0 aromatic heterocycles. The molecule has 0 aliphatic rings. The lowest BCUT2D eigenvalue weighted by Crippen LogP contribution is -2.01. The van der Waals surface area contributed by atoms with Crippen LogP contribution in [0.1, 0.15) is 11.1 Å². The Morgan fingerprint density at radius 2 is 2.05 bits per heavy atom. The fraction of sp³-hybridized carbons (Fsp3) is 0.200. The Morgan fingerprint density at radius 1 is 1.29 bits per heavy atom. The lowest BCUT2D eigenvalue weighted by molar-refractivity contribution is -0.385. The van der Waals surface area contributed by atoms with Gasteiger partial charge >= 0.3 is 5.69 Å². The third-order valence-corrected chi connectivity index (χ3v) is 3.52. The van der Waals surface area contributed by atoms with Gasteiger partial charge in [-0.25, -0.2) is 0 Å². The maximum Gasteiger partial charge on any atom is 0.312 e. The molecule has 1 N–H and O–H groups in total. The lowest BCUT2D eigenvalue weighted by Gasteiger charge is -2.09. The zero-order valence-corrected chi connectivity index (χ0v) is 12.5. The Balaban J connectivity index is 2.14. The number of rotatable bonds is 5. The van der Waals surface area contributed by atoms with E-state index < -0.39 is 4.92 Å². The van der Waals surface area contributed by atoms with E-state index in [4.69, 9.17) is 16.3 Å². The molecule has 110 valence electrons. The first-order chi connectivity index (χ1) is 10.0. The van der Waals surface area contributed by atoms with Crippen LogP contribution < -0.4 is 10.1 Å². The van der Waals surface area contributed by atoms with E-state index in [1.54, 1.807) is 12.1 Å². The summed E-state index contributed by atoms with van der Waals surface area (Å²) in [6, 6.07) is 10.5. The third-order valence-electron chi connectivity index (χ3n) is 3.11. The van der Waals surface area contributed by atoms with Gasteiger partial charge in [0.05, 0.1) is 12.0 Å². The third kappa shape index (κ3) is 3.64. The largest absolute Gasteiger partial charge is 0.490 e. The highest BCUT2D eigenvalue weighted by Crippen LogP contribution is 2.30. The number of nitro groups is 1. The Labute approximate surface area is 127 Å². The summed E-state index contributed by atoms with van der Waals surface area (Å²) in [7, 11) is 1.41. The molecule has 0 heterocycles. The van der Waals surface area contributed by atoms with Gasteiger partial charge < -0.3 is 10.1 Å². The molecule has 0 radical (unpaired) electrons. The molecular formula is C15H15ClN2O3. The van der Waals surface area contributed by atoms with Crippen LogP contribution in [-0.4, -0.2) is 12.0 Å². The number of ether oxygens (including phenoxy) is 1. The highest BCUT2D eigenvalue weighted by molar-refractivity contribution is 6.31. The van der Waals surface area contributed by atoms with E-state index in [-0.39, 0.29) is 11.4 Å². The summed E-state index contributed by atoms with van der Waals surface area (Å²) in [6.45, 7) is 2.47. The minimum absolute atomic E-state index is 0.0653. The van der Waals surface area contributed by atoms with E-state index in [9.17, 15) is 10.1 Å². The molecule has 21 heavy (non-hydrogen) atoms. The Kier molecular flexibility index (Phi) is 4.65. The van der Waals surface area contributed by atoms with Crippen LogP contribution in [0.25, 0.3) is 0 Å². The van der Waals surface area contributed by atoms with Gasteiger partial charge in [-0.15, -0.1) is 0 Å². The zero-order valence-electron chi connectivity index (χ0n) is 11.7. The van der Waals surface area contributed by atoms with Crippen LogP contribution in [0.15, 0.2) is 36.4 Å². The number of nitro benzene ring substituents is 1. The van der Waals surface area contributed by atoms with E-state index in [1.165, 1.54) is 13.2 Å². The Morgan fingerprint density at radius 3 is 2.67 bits per heavy atom. The predicted molar refractivity (Wildman–Crippen MR) is 83.2 cm³/mol. The molecule has 2 aromatic rings. The van der Waals surface area contributed by atoms with Crippen molar-refractivity contribution < 1.29 is 9.66 Å². The van der Waals surface area contributed by atoms with Crippen molar-refractivity contribution >= 4 is 23.0 Å². The first-order valence-corrected chi connectivity index (χ1v) is 6.70. The number of hydrogen-bond donors (Lipinski definition) is 1. The van der Waals surface area contributed by atoms with Crippen molar-refractivity contribution in [3.63, 3.8) is 0 Å². The number of anilines is 1. The molecule has 0 saturated heterocycles. The molecule has 2 aromatic carbocycles. The van der Waals surface area contributed by atoms with Crippen molar-refractivity contribution in [2.45, 2.75) is 13.5 Å². The SMILES string of the molecule is COc1ccc(NCc2ccc(C)c(Cl)c2)cc1[N+](=O)[O-]. The minimum Gasteiger partial charge on any atom is -0.490 e. The van der Waals surface area contributed by atoms with Crippen LogP contribution in [0.5, 0.6) is 5.75 Å². The second-order valence-electron chi connectivity index (χ2n) is 4.58. The quantitative estimate of drug-likeness (QED) is 0.665. The van der Waals surface area contributed by atoms with Crippen LogP contribution in [0, 0.1) is 17.0 Å². The summed E-state index contributed by atoms with van der Waals surface area (Å²) in [5, 5.41) is 14.8. The molecule has 2 rings (SSSR count). The highest BCUT2D eigenvalue weighted by Gasteiger charge is 2.14. The maximum atomic E-state index is 11.0. The van der Waals surface area contributed by atoms with Crippen LogP contribution in [0.4, 0.5) is 11.4 Å². The van der Waals surface area contributed by atoms with Crippen LogP contribution in [0.2, 0.25) is 5.02 Å². The van der Waals surface area contributed by atoms with E-state index >= 15 is 0 Å². The summed E-state index contributed by atoms with van der Waals surface area (Å²) < 4.78 is 4.97. The molecule has 0 bridgehead atoms. The highest BCUT2D eigenvalue weighted by atomic mass is 35.5. The molecule has 6 heteroatoms. The molecular weight excluding hydrogens is 292 g/mol. The second kappa shape index (κ2) is 6.45. The van der Waals surface area contributed by atoms with Crippen molar-refractivity contribution in [2.75, 3.05) is 12.4 Å². The summed E-state index contributed by atoms with van der Waals surface area (Å²) in [4.78, 5) is 10.5.